The maximum Gasteiger partial charge on any atom is 0.367 e. The molecule has 3 aromatic rings. The van der Waals surface area contributed by atoms with Crippen molar-refractivity contribution in [1.82, 2.24) is 19.8 Å². The second kappa shape index (κ2) is 6.73. The van der Waals surface area contributed by atoms with Gasteiger partial charge in [0, 0.05) is 6.20 Å². The maximum atomic E-state index is 12.8. The van der Waals surface area contributed by atoms with Crippen LogP contribution < -0.4 is 0 Å². The number of hydrogen-bond donors (Lipinski definition) is 0. The van der Waals surface area contributed by atoms with E-state index < -0.39 is 17.8 Å². The molecule has 8 nitrogen and oxygen atoms in total. The van der Waals surface area contributed by atoms with Crippen LogP contribution in [0.2, 0.25) is 0 Å². The third-order valence-electron chi connectivity index (χ3n) is 4.37. The van der Waals surface area contributed by atoms with Crippen LogP contribution in [0.5, 0.6) is 0 Å². The van der Waals surface area contributed by atoms with Crippen LogP contribution in [0, 0.1) is 0 Å². The van der Waals surface area contributed by atoms with E-state index in [0.29, 0.717) is 16.6 Å². The van der Waals surface area contributed by atoms with Gasteiger partial charge in [0.15, 0.2) is 5.82 Å². The number of aromatic nitrogens is 3. The average molecular weight is 376 g/mol. The Kier molecular flexibility index (Phi) is 4.23. The fraction of sp³-hybridized carbons (Fsp3) is 0.150. The Hall–Kier alpha value is -3.81. The molecule has 2 aromatic heterocycles. The molecule has 0 spiro atoms. The molecule has 0 fully saturated rings. The summed E-state index contributed by atoms with van der Waals surface area (Å²) in [5.74, 6) is -1.71. The van der Waals surface area contributed by atoms with Gasteiger partial charge in [0.2, 0.25) is 0 Å². The van der Waals surface area contributed by atoms with Crippen LogP contribution in [0.15, 0.2) is 54.9 Å². The lowest BCUT2D eigenvalue weighted by Gasteiger charge is -2.14. The highest BCUT2D eigenvalue weighted by molar-refractivity contribution is 6.21. The number of carbonyl (C=O) groups excluding carboxylic acids is 3. The average Bonchev–Trinajstić information content (AvgIpc) is 3.25. The fourth-order valence-corrected chi connectivity index (χ4v) is 3.11. The van der Waals surface area contributed by atoms with Crippen molar-refractivity contribution >= 4 is 17.8 Å². The predicted octanol–water partition coefficient (Wildman–Crippen LogP) is 2.76. The van der Waals surface area contributed by atoms with Crippen molar-refractivity contribution in [2.75, 3.05) is 0 Å². The van der Waals surface area contributed by atoms with Gasteiger partial charge in [-0.25, -0.2) is 14.5 Å². The van der Waals surface area contributed by atoms with Crippen LogP contribution in [0.3, 0.4) is 0 Å². The normalized spacial score (nSPS) is 13.2. The Balaban J connectivity index is 1.66. The number of hydrogen-bond acceptors (Lipinski definition) is 6. The number of amides is 2. The van der Waals surface area contributed by atoms with E-state index in [2.05, 4.69) is 10.1 Å². The second-order valence-corrected chi connectivity index (χ2v) is 6.53. The van der Waals surface area contributed by atoms with Crippen LogP contribution in [-0.2, 0) is 4.84 Å². The summed E-state index contributed by atoms with van der Waals surface area (Å²) in [5, 5.41) is 4.74. The minimum Gasteiger partial charge on any atom is -0.324 e. The lowest BCUT2D eigenvalue weighted by Crippen LogP contribution is -2.33. The summed E-state index contributed by atoms with van der Waals surface area (Å²) in [5.41, 5.74) is 1.14. The summed E-state index contributed by atoms with van der Waals surface area (Å²) in [6, 6.07) is 11.7. The molecule has 0 saturated heterocycles. The van der Waals surface area contributed by atoms with Crippen LogP contribution >= 0.6 is 0 Å². The molecule has 0 N–H and O–H groups in total. The van der Waals surface area contributed by atoms with Crippen LogP contribution in [0.1, 0.15) is 56.5 Å². The van der Waals surface area contributed by atoms with E-state index in [0.717, 1.165) is 0 Å². The lowest BCUT2D eigenvalue weighted by molar-refractivity contribution is -0.0585. The van der Waals surface area contributed by atoms with Gasteiger partial charge in [0.25, 0.3) is 11.8 Å². The number of imide groups is 1. The first kappa shape index (κ1) is 17.6. The Morgan fingerprint density at radius 3 is 2.21 bits per heavy atom. The maximum absolute atomic E-state index is 12.8. The zero-order valence-electron chi connectivity index (χ0n) is 15.2. The SMILES string of the molecule is CC(C)c1c(C(=O)ON2C(=O)c3ccccc3C2=O)cnn1-c1ccccn1. The fourth-order valence-electron chi connectivity index (χ4n) is 3.11. The highest BCUT2D eigenvalue weighted by Gasteiger charge is 2.39. The van der Waals surface area contributed by atoms with E-state index in [9.17, 15) is 14.4 Å². The molecule has 28 heavy (non-hydrogen) atoms. The summed E-state index contributed by atoms with van der Waals surface area (Å²) in [6.07, 6.45) is 2.97. The summed E-state index contributed by atoms with van der Waals surface area (Å²) >= 11 is 0. The van der Waals surface area contributed by atoms with Crippen molar-refractivity contribution in [3.05, 3.63) is 77.2 Å². The smallest absolute Gasteiger partial charge is 0.324 e. The van der Waals surface area contributed by atoms with E-state index in [-0.39, 0.29) is 22.6 Å². The molecule has 0 radical (unpaired) electrons. The molecule has 1 aromatic carbocycles. The first-order chi connectivity index (χ1) is 13.5. The van der Waals surface area contributed by atoms with Crippen molar-refractivity contribution in [2.45, 2.75) is 19.8 Å². The molecule has 4 rings (SSSR count). The Labute approximate surface area is 160 Å². The number of pyridine rings is 1. The quantitative estimate of drug-likeness (QED) is 0.650. The van der Waals surface area contributed by atoms with Crippen LogP contribution in [0.4, 0.5) is 0 Å². The number of rotatable bonds is 4. The Morgan fingerprint density at radius 1 is 1.00 bits per heavy atom. The first-order valence-corrected chi connectivity index (χ1v) is 8.68. The molecule has 0 saturated carbocycles. The molecule has 0 aliphatic carbocycles. The van der Waals surface area contributed by atoms with Crippen LogP contribution in [-0.4, -0.2) is 37.6 Å². The van der Waals surface area contributed by atoms with Crippen molar-refractivity contribution < 1.29 is 19.2 Å². The summed E-state index contributed by atoms with van der Waals surface area (Å²) in [4.78, 5) is 47.0. The van der Waals surface area contributed by atoms with E-state index in [1.165, 1.54) is 18.3 Å². The van der Waals surface area contributed by atoms with E-state index >= 15 is 0 Å². The zero-order chi connectivity index (χ0) is 19.8. The third-order valence-corrected chi connectivity index (χ3v) is 4.37. The summed E-state index contributed by atoms with van der Waals surface area (Å²) in [7, 11) is 0. The largest absolute Gasteiger partial charge is 0.367 e. The Bertz CT molecular complexity index is 1050. The summed E-state index contributed by atoms with van der Waals surface area (Å²) in [6.45, 7) is 3.80. The van der Waals surface area contributed by atoms with Gasteiger partial charge in [-0.1, -0.05) is 37.1 Å². The molecule has 1 aliphatic heterocycles. The molecule has 3 heterocycles. The van der Waals surface area contributed by atoms with Gasteiger partial charge in [-0.15, -0.1) is 0 Å². The first-order valence-electron chi connectivity index (χ1n) is 8.68. The lowest BCUT2D eigenvalue weighted by atomic mass is 10.1. The third kappa shape index (κ3) is 2.75. The molecule has 2 amide bonds. The van der Waals surface area contributed by atoms with Gasteiger partial charge in [0.1, 0.15) is 5.56 Å². The topological polar surface area (TPSA) is 94.4 Å². The standard InChI is InChI=1S/C20H16N4O4/c1-12(2)17-15(11-22-23(17)16-9-5-6-10-21-16)20(27)28-24-18(25)13-7-3-4-8-14(13)19(24)26/h3-12H,1-2H3. The van der Waals surface area contributed by atoms with Gasteiger partial charge < -0.3 is 4.84 Å². The number of carbonyl (C=O) groups is 3. The van der Waals surface area contributed by atoms with Crippen molar-refractivity contribution in [2.24, 2.45) is 0 Å². The number of benzene rings is 1. The van der Waals surface area contributed by atoms with Gasteiger partial charge in [-0.2, -0.15) is 5.10 Å². The highest BCUT2D eigenvalue weighted by Crippen LogP contribution is 2.26. The van der Waals surface area contributed by atoms with Gasteiger partial charge >= 0.3 is 5.97 Å². The Morgan fingerprint density at radius 2 is 1.64 bits per heavy atom. The second-order valence-electron chi connectivity index (χ2n) is 6.53. The van der Waals surface area contributed by atoms with Crippen molar-refractivity contribution in [3.63, 3.8) is 0 Å². The molecular weight excluding hydrogens is 360 g/mol. The molecule has 1 aliphatic rings. The summed E-state index contributed by atoms with van der Waals surface area (Å²) < 4.78 is 1.55. The molecule has 0 atom stereocenters. The number of nitrogens with zero attached hydrogens (tertiary/aromatic N) is 4. The zero-order valence-corrected chi connectivity index (χ0v) is 15.2. The monoisotopic (exact) mass is 376 g/mol. The van der Waals surface area contributed by atoms with Gasteiger partial charge in [-0.05, 0) is 30.2 Å². The molecule has 8 heteroatoms. The van der Waals surface area contributed by atoms with Crippen LogP contribution in [0.25, 0.3) is 5.82 Å². The molecule has 0 unspecified atom stereocenters. The highest BCUT2D eigenvalue weighted by atomic mass is 16.7. The minimum absolute atomic E-state index is 0.0887. The van der Waals surface area contributed by atoms with E-state index in [1.54, 1.807) is 35.1 Å². The molecule has 0 bridgehead atoms. The number of fused-ring (bicyclic) bond motifs is 1. The van der Waals surface area contributed by atoms with Crippen molar-refractivity contribution in [1.29, 1.82) is 0 Å². The van der Waals surface area contributed by atoms with E-state index in [1.807, 2.05) is 19.9 Å². The van der Waals surface area contributed by atoms with Gasteiger partial charge in [0.05, 0.1) is 23.0 Å². The molecular formula is C20H16N4O4. The number of hydroxylamine groups is 2. The van der Waals surface area contributed by atoms with Crippen molar-refractivity contribution in [3.8, 4) is 5.82 Å². The predicted molar refractivity (Wildman–Crippen MR) is 97.8 cm³/mol. The minimum atomic E-state index is -0.833. The van der Waals surface area contributed by atoms with Gasteiger partial charge in [-0.3, -0.25) is 9.59 Å². The van der Waals surface area contributed by atoms with E-state index in [4.69, 9.17) is 4.84 Å². The molecule has 140 valence electrons.